The Morgan fingerprint density at radius 3 is 2.34 bits per heavy atom. The van der Waals surface area contributed by atoms with Gasteiger partial charge in [-0.2, -0.15) is 0 Å². The summed E-state index contributed by atoms with van der Waals surface area (Å²) in [7, 11) is 2.62. The van der Waals surface area contributed by atoms with E-state index in [0.29, 0.717) is 0 Å². The average Bonchev–Trinajstić information content (AvgIpc) is 2.66. The van der Waals surface area contributed by atoms with E-state index in [1.807, 2.05) is 0 Å². The van der Waals surface area contributed by atoms with E-state index in [1.54, 1.807) is 13.8 Å². The molecule has 1 unspecified atom stereocenters. The van der Waals surface area contributed by atoms with E-state index in [4.69, 9.17) is 18.9 Å². The van der Waals surface area contributed by atoms with E-state index < -0.39 is 46.6 Å². The van der Waals surface area contributed by atoms with Gasteiger partial charge in [-0.15, -0.1) is 6.58 Å². The van der Waals surface area contributed by atoms with Gasteiger partial charge in [-0.3, -0.25) is 0 Å². The van der Waals surface area contributed by atoms with Crippen LogP contribution >= 0.6 is 0 Å². The molecular weight excluding hydrogens is 389 g/mol. The third-order valence-electron chi connectivity index (χ3n) is 5.11. The van der Waals surface area contributed by atoms with E-state index >= 15 is 8.78 Å². The monoisotopic (exact) mass is 410 g/mol. The van der Waals surface area contributed by atoms with Gasteiger partial charge in [0.2, 0.25) is 0 Å². The first-order valence-electron chi connectivity index (χ1n) is 8.68. The zero-order valence-corrected chi connectivity index (χ0v) is 16.4. The van der Waals surface area contributed by atoms with Crippen LogP contribution in [0.4, 0.5) is 13.2 Å². The zero-order chi connectivity index (χ0) is 21.6. The van der Waals surface area contributed by atoms with E-state index in [1.165, 1.54) is 26.4 Å². The Labute approximate surface area is 166 Å². The van der Waals surface area contributed by atoms with Crippen molar-refractivity contribution in [3.63, 3.8) is 0 Å². The summed E-state index contributed by atoms with van der Waals surface area (Å²) in [6.45, 7) is 6.34. The van der Waals surface area contributed by atoms with Crippen molar-refractivity contribution >= 4 is 0 Å². The number of rotatable bonds is 6. The minimum atomic E-state index is -2.29. The molecule has 1 heterocycles. The zero-order valence-electron chi connectivity index (χ0n) is 16.4. The first-order valence-corrected chi connectivity index (χ1v) is 8.68. The second kappa shape index (κ2) is 7.27. The van der Waals surface area contributed by atoms with Gasteiger partial charge < -0.3 is 24.1 Å². The maximum absolute atomic E-state index is 15.4. The van der Waals surface area contributed by atoms with Crippen LogP contribution in [0.1, 0.15) is 25.0 Å². The minimum absolute atomic E-state index is 0.115. The minimum Gasteiger partial charge on any atom is -0.497 e. The van der Waals surface area contributed by atoms with Crippen LogP contribution in [0.25, 0.3) is 0 Å². The molecule has 2 aromatic rings. The standard InChI is InChI=1S/C21H21F3O5/c1-6-20(2,3)21(25)16-12(22)7-11(27-5)8-14(16)29-15-9-13(23)19(28-10-26-4)18(24)17(15)21/h6-9,25H,1,10H2,2-5H3. The highest BCUT2D eigenvalue weighted by Crippen LogP contribution is 2.58. The molecule has 1 aliphatic heterocycles. The van der Waals surface area contributed by atoms with Crippen LogP contribution in [-0.4, -0.2) is 26.1 Å². The maximum Gasteiger partial charge on any atom is 0.194 e. The highest BCUT2D eigenvalue weighted by molar-refractivity contribution is 5.62. The number of benzene rings is 2. The fourth-order valence-corrected chi connectivity index (χ4v) is 3.39. The van der Waals surface area contributed by atoms with Crippen LogP contribution in [0.5, 0.6) is 23.0 Å². The third kappa shape index (κ3) is 3.03. The number of aliphatic hydroxyl groups is 1. The predicted molar refractivity (Wildman–Crippen MR) is 98.9 cm³/mol. The molecule has 156 valence electrons. The van der Waals surface area contributed by atoms with Crippen LogP contribution in [0, 0.1) is 22.9 Å². The molecule has 0 amide bonds. The Morgan fingerprint density at radius 2 is 1.76 bits per heavy atom. The molecular formula is C21H21F3O5. The molecule has 0 bridgehead atoms. The third-order valence-corrected chi connectivity index (χ3v) is 5.11. The number of halogens is 3. The number of hydrogen-bond acceptors (Lipinski definition) is 5. The lowest BCUT2D eigenvalue weighted by atomic mass is 9.65. The van der Waals surface area contributed by atoms with Gasteiger partial charge >= 0.3 is 0 Å². The lowest BCUT2D eigenvalue weighted by Crippen LogP contribution is -2.45. The van der Waals surface area contributed by atoms with Gasteiger partial charge in [-0.25, -0.2) is 13.2 Å². The smallest absolute Gasteiger partial charge is 0.194 e. The van der Waals surface area contributed by atoms with Gasteiger partial charge in [0.05, 0.1) is 18.2 Å². The van der Waals surface area contributed by atoms with E-state index in [-0.39, 0.29) is 22.8 Å². The molecule has 5 nitrogen and oxygen atoms in total. The lowest BCUT2D eigenvalue weighted by Gasteiger charge is -2.45. The highest BCUT2D eigenvalue weighted by atomic mass is 19.1. The van der Waals surface area contributed by atoms with Gasteiger partial charge in [-0.05, 0) is 0 Å². The van der Waals surface area contributed by atoms with Gasteiger partial charge in [0.1, 0.15) is 28.7 Å². The lowest BCUT2D eigenvalue weighted by molar-refractivity contribution is -0.0244. The van der Waals surface area contributed by atoms with Crippen LogP contribution in [0.2, 0.25) is 0 Å². The van der Waals surface area contributed by atoms with Crippen molar-refractivity contribution in [3.8, 4) is 23.0 Å². The maximum atomic E-state index is 15.4. The van der Waals surface area contributed by atoms with Crippen molar-refractivity contribution in [2.24, 2.45) is 5.41 Å². The SMILES string of the molecule is C=CC(C)(C)C1(O)c2c(F)cc(OC)cc2Oc2cc(F)c(OCOC)c(F)c21. The molecule has 0 fully saturated rings. The molecule has 1 aliphatic rings. The van der Waals surface area contributed by atoms with Gasteiger partial charge in [-0.1, -0.05) is 19.9 Å². The van der Waals surface area contributed by atoms with Crippen molar-refractivity contribution in [2.45, 2.75) is 19.4 Å². The Balaban J connectivity index is 2.40. The van der Waals surface area contributed by atoms with Crippen molar-refractivity contribution in [3.05, 3.63) is 59.4 Å². The largest absolute Gasteiger partial charge is 0.497 e. The summed E-state index contributed by atoms with van der Waals surface area (Å²) < 4.78 is 65.3. The number of fused-ring (bicyclic) bond motifs is 2. The summed E-state index contributed by atoms with van der Waals surface area (Å²) >= 11 is 0. The van der Waals surface area contributed by atoms with Crippen molar-refractivity contribution < 1.29 is 37.2 Å². The van der Waals surface area contributed by atoms with Gasteiger partial charge in [0.25, 0.3) is 0 Å². The second-order valence-corrected chi connectivity index (χ2v) is 7.15. The Kier molecular flexibility index (Phi) is 5.27. The Bertz CT molecular complexity index is 974. The fraction of sp³-hybridized carbons (Fsp3) is 0.333. The number of methoxy groups -OCH3 is 2. The number of hydrogen-bond donors (Lipinski definition) is 1. The topological polar surface area (TPSA) is 57.2 Å². The van der Waals surface area contributed by atoms with Crippen LogP contribution in [-0.2, 0) is 10.3 Å². The average molecular weight is 410 g/mol. The summed E-state index contributed by atoms with van der Waals surface area (Å²) in [5.41, 5.74) is -4.38. The normalized spacial score (nSPS) is 17.8. The van der Waals surface area contributed by atoms with Crippen LogP contribution in [0.15, 0.2) is 30.9 Å². The van der Waals surface area contributed by atoms with Gasteiger partial charge in [0.15, 0.2) is 24.2 Å². The molecule has 8 heteroatoms. The number of ether oxygens (including phenoxy) is 4. The summed E-state index contributed by atoms with van der Waals surface area (Å²) in [6.07, 6.45) is 1.36. The molecule has 1 N–H and O–H groups in total. The van der Waals surface area contributed by atoms with Crippen molar-refractivity contribution in [1.82, 2.24) is 0 Å². The summed E-state index contributed by atoms with van der Waals surface area (Å²) in [4.78, 5) is 0. The van der Waals surface area contributed by atoms with E-state index in [0.717, 1.165) is 12.1 Å². The second-order valence-electron chi connectivity index (χ2n) is 7.15. The molecule has 3 rings (SSSR count). The first-order chi connectivity index (χ1) is 13.6. The molecule has 0 aliphatic carbocycles. The van der Waals surface area contributed by atoms with E-state index in [2.05, 4.69) is 6.58 Å². The quantitative estimate of drug-likeness (QED) is 0.555. The summed E-state index contributed by atoms with van der Waals surface area (Å²) in [5, 5.41) is 11.8. The molecule has 29 heavy (non-hydrogen) atoms. The predicted octanol–water partition coefficient (Wildman–Crippen LogP) is 4.65. The van der Waals surface area contributed by atoms with Crippen molar-refractivity contribution in [2.75, 3.05) is 21.0 Å². The van der Waals surface area contributed by atoms with Crippen LogP contribution < -0.4 is 14.2 Å². The van der Waals surface area contributed by atoms with Crippen LogP contribution in [0.3, 0.4) is 0 Å². The fourth-order valence-electron chi connectivity index (χ4n) is 3.39. The Hall–Kier alpha value is -2.71. The van der Waals surface area contributed by atoms with Gasteiger partial charge in [0, 0.05) is 30.7 Å². The summed E-state index contributed by atoms with van der Waals surface area (Å²) in [5.74, 6) is -4.28. The van der Waals surface area contributed by atoms with Crippen molar-refractivity contribution in [1.29, 1.82) is 0 Å². The highest BCUT2D eigenvalue weighted by Gasteiger charge is 2.54. The molecule has 2 aromatic carbocycles. The van der Waals surface area contributed by atoms with E-state index in [9.17, 15) is 9.50 Å². The molecule has 0 saturated heterocycles. The summed E-state index contributed by atoms with van der Waals surface area (Å²) in [6, 6.07) is 3.24. The molecule has 1 atom stereocenters. The molecule has 0 aromatic heterocycles. The Morgan fingerprint density at radius 1 is 1.10 bits per heavy atom. The molecule has 0 spiro atoms. The first kappa shape index (κ1) is 21.0. The molecule has 0 saturated carbocycles. The molecule has 0 radical (unpaired) electrons.